The number of rotatable bonds is 4. The summed E-state index contributed by atoms with van der Waals surface area (Å²) in [5.74, 6) is 1.73. The van der Waals surface area contributed by atoms with Crippen molar-refractivity contribution >= 4 is 32.8 Å². The first-order valence-electron chi connectivity index (χ1n) is 11.9. The molecule has 0 fully saturated rings. The molecule has 37 heavy (non-hydrogen) atoms. The average Bonchev–Trinajstić information content (AvgIpc) is 3.49. The van der Waals surface area contributed by atoms with E-state index in [1.165, 1.54) is 10.8 Å². The molecule has 0 N–H and O–H groups in total. The van der Waals surface area contributed by atoms with Gasteiger partial charge < -0.3 is 17.1 Å². The van der Waals surface area contributed by atoms with Gasteiger partial charge in [-0.3, -0.25) is 4.57 Å². The first-order valence-corrected chi connectivity index (χ1v) is 11.9. The van der Waals surface area contributed by atoms with E-state index in [1.54, 1.807) is 7.11 Å². The summed E-state index contributed by atoms with van der Waals surface area (Å²) in [4.78, 5) is 4.67. The summed E-state index contributed by atoms with van der Waals surface area (Å²) in [5.41, 5.74) is 6.56. The van der Waals surface area contributed by atoms with Gasteiger partial charge in [0.15, 0.2) is 22.5 Å². The maximum absolute atomic E-state index is 5.68. The zero-order valence-corrected chi connectivity index (χ0v) is 20.9. The summed E-state index contributed by atoms with van der Waals surface area (Å²) >= 11 is 0. The first kappa shape index (κ1) is 22.8. The third-order valence-electron chi connectivity index (χ3n) is 6.79. The van der Waals surface area contributed by atoms with Crippen LogP contribution in [0.25, 0.3) is 50.0 Å². The van der Waals surface area contributed by atoms with Gasteiger partial charge in [-0.15, -0.1) is 0 Å². The van der Waals surface area contributed by atoms with Gasteiger partial charge in [-0.25, -0.2) is 4.98 Å². The number of fused-ring (bicyclic) bond motifs is 4. The molecule has 0 aliphatic heterocycles. The lowest BCUT2D eigenvalue weighted by atomic mass is 10.1. The van der Waals surface area contributed by atoms with Crippen molar-refractivity contribution in [3.05, 3.63) is 122 Å². The topological polar surface area (TPSA) is 35.9 Å². The highest BCUT2D eigenvalue weighted by Gasteiger charge is 2.22. The summed E-state index contributed by atoms with van der Waals surface area (Å²) in [7, 11) is 1.71. The van der Waals surface area contributed by atoms with E-state index >= 15 is 0 Å². The maximum atomic E-state index is 5.68. The van der Waals surface area contributed by atoms with Crippen molar-refractivity contribution in [2.24, 2.45) is 0 Å². The number of halogens is 1. The SMILES string of the molecule is COc1ccccc1-[n+]1cn(-c2ccc3c4ccccc4n(-c4ccccn4)c3c2)c2ccccc21.[Cl-]. The summed E-state index contributed by atoms with van der Waals surface area (Å²) < 4.78 is 12.3. The molecule has 0 aliphatic rings. The normalized spacial score (nSPS) is 11.2. The molecule has 0 saturated heterocycles. The van der Waals surface area contributed by atoms with Crippen LogP contribution in [0.3, 0.4) is 0 Å². The molecule has 5 nitrogen and oxygen atoms in total. The quantitative estimate of drug-likeness (QED) is 0.346. The van der Waals surface area contributed by atoms with Crippen LogP contribution in [0.15, 0.2) is 122 Å². The highest BCUT2D eigenvalue weighted by molar-refractivity contribution is 6.09. The molecular formula is C31H23ClN4O. The minimum Gasteiger partial charge on any atom is -1.00 e. The van der Waals surface area contributed by atoms with Crippen molar-refractivity contribution < 1.29 is 21.7 Å². The standard InChI is InChI=1S/C31H23N4O.ClH/c1-36-30-15-7-6-14-28(30)34-21-33(26-12-4-5-13-27(26)34)22-17-18-24-23-10-2-3-11-25(23)35(29(24)20-22)31-16-8-9-19-32-31;/h2-21H,1H3;1H/q+1;/p-1. The largest absolute Gasteiger partial charge is 1.00 e. The van der Waals surface area contributed by atoms with Gasteiger partial charge in [0.25, 0.3) is 6.33 Å². The van der Waals surface area contributed by atoms with Gasteiger partial charge in [0, 0.05) is 23.0 Å². The average molecular weight is 503 g/mol. The molecular weight excluding hydrogens is 480 g/mol. The Morgan fingerprint density at radius 2 is 1.43 bits per heavy atom. The molecule has 0 saturated carbocycles. The van der Waals surface area contributed by atoms with Gasteiger partial charge in [0.05, 0.1) is 18.1 Å². The second kappa shape index (κ2) is 9.12. The van der Waals surface area contributed by atoms with Crippen molar-refractivity contribution in [3.8, 4) is 22.9 Å². The molecule has 0 aliphatic carbocycles. The number of pyridine rings is 1. The van der Waals surface area contributed by atoms with Crippen LogP contribution < -0.4 is 21.7 Å². The Balaban J connectivity index is 0.00000252. The molecule has 0 unspecified atom stereocenters. The van der Waals surface area contributed by atoms with E-state index in [1.807, 2.05) is 36.5 Å². The lowest BCUT2D eigenvalue weighted by molar-refractivity contribution is -0.568. The van der Waals surface area contributed by atoms with E-state index in [9.17, 15) is 0 Å². The van der Waals surface area contributed by atoms with Gasteiger partial charge in [-0.05, 0) is 54.6 Å². The monoisotopic (exact) mass is 502 g/mol. The van der Waals surface area contributed by atoms with Crippen molar-refractivity contribution in [2.75, 3.05) is 7.11 Å². The minimum atomic E-state index is 0. The van der Waals surface area contributed by atoms with Gasteiger partial charge in [0.2, 0.25) is 0 Å². The summed E-state index contributed by atoms with van der Waals surface area (Å²) in [6, 6.07) is 37.7. The molecule has 0 radical (unpaired) electrons. The number of aromatic nitrogens is 4. The van der Waals surface area contributed by atoms with E-state index in [2.05, 4.69) is 104 Å². The highest BCUT2D eigenvalue weighted by Crippen LogP contribution is 2.33. The lowest BCUT2D eigenvalue weighted by Crippen LogP contribution is -3.00. The van der Waals surface area contributed by atoms with Crippen molar-refractivity contribution in [1.29, 1.82) is 0 Å². The zero-order chi connectivity index (χ0) is 24.1. The number of hydrogen-bond acceptors (Lipinski definition) is 2. The Hall–Kier alpha value is -4.61. The maximum Gasteiger partial charge on any atom is 0.255 e. The van der Waals surface area contributed by atoms with Gasteiger partial charge in [-0.1, -0.05) is 48.5 Å². The van der Waals surface area contributed by atoms with Crippen LogP contribution >= 0.6 is 0 Å². The van der Waals surface area contributed by atoms with Crippen LogP contribution in [-0.2, 0) is 0 Å². The van der Waals surface area contributed by atoms with Crippen molar-refractivity contribution in [2.45, 2.75) is 0 Å². The molecule has 0 bridgehead atoms. The smallest absolute Gasteiger partial charge is 0.255 e. The van der Waals surface area contributed by atoms with E-state index in [-0.39, 0.29) is 12.4 Å². The van der Waals surface area contributed by atoms with E-state index in [4.69, 9.17) is 4.74 Å². The van der Waals surface area contributed by atoms with E-state index in [0.717, 1.165) is 45.0 Å². The number of imidazole rings is 1. The molecule has 3 aromatic heterocycles. The second-order valence-corrected chi connectivity index (χ2v) is 8.76. The molecule has 6 heteroatoms. The number of hydrogen-bond donors (Lipinski definition) is 0. The lowest BCUT2D eigenvalue weighted by Gasteiger charge is -2.06. The van der Waals surface area contributed by atoms with Crippen LogP contribution in [0, 0.1) is 0 Å². The molecule has 0 spiro atoms. The van der Waals surface area contributed by atoms with Crippen LogP contribution in [0.2, 0.25) is 0 Å². The predicted octanol–water partition coefficient (Wildman–Crippen LogP) is 3.41. The fourth-order valence-electron chi connectivity index (χ4n) is 5.18. The molecule has 3 heterocycles. The van der Waals surface area contributed by atoms with E-state index in [0.29, 0.717) is 0 Å². The minimum absolute atomic E-state index is 0. The fraction of sp³-hybridized carbons (Fsp3) is 0.0323. The van der Waals surface area contributed by atoms with Crippen molar-refractivity contribution in [3.63, 3.8) is 0 Å². The first-order chi connectivity index (χ1) is 17.8. The Morgan fingerprint density at radius 3 is 2.27 bits per heavy atom. The van der Waals surface area contributed by atoms with Crippen LogP contribution in [0.4, 0.5) is 0 Å². The van der Waals surface area contributed by atoms with E-state index < -0.39 is 0 Å². The van der Waals surface area contributed by atoms with Crippen LogP contribution in [0.1, 0.15) is 0 Å². The molecule has 0 amide bonds. The zero-order valence-electron chi connectivity index (χ0n) is 20.1. The van der Waals surface area contributed by atoms with Gasteiger partial charge in [0.1, 0.15) is 11.5 Å². The summed E-state index contributed by atoms with van der Waals surface area (Å²) in [5, 5.41) is 2.42. The highest BCUT2D eigenvalue weighted by atomic mass is 35.5. The third kappa shape index (κ3) is 3.55. The number of para-hydroxylation sites is 5. The number of ether oxygens (including phenoxy) is 1. The Labute approximate surface area is 220 Å². The predicted molar refractivity (Wildman–Crippen MR) is 143 cm³/mol. The second-order valence-electron chi connectivity index (χ2n) is 8.76. The number of benzene rings is 4. The summed E-state index contributed by atoms with van der Waals surface area (Å²) in [6.07, 6.45) is 3.98. The number of methoxy groups -OCH3 is 1. The molecule has 180 valence electrons. The molecule has 4 aromatic carbocycles. The number of nitrogens with zero attached hydrogens (tertiary/aromatic N) is 4. The fourth-order valence-corrected chi connectivity index (χ4v) is 5.18. The van der Waals surface area contributed by atoms with Crippen LogP contribution in [-0.4, -0.2) is 21.2 Å². The Morgan fingerprint density at radius 1 is 0.703 bits per heavy atom. The third-order valence-corrected chi connectivity index (χ3v) is 6.79. The summed E-state index contributed by atoms with van der Waals surface area (Å²) in [6.45, 7) is 0. The Bertz CT molecular complexity index is 1890. The Kier molecular flexibility index (Phi) is 5.63. The molecule has 7 rings (SSSR count). The van der Waals surface area contributed by atoms with Crippen molar-refractivity contribution in [1.82, 2.24) is 14.1 Å². The van der Waals surface area contributed by atoms with Gasteiger partial charge >= 0.3 is 0 Å². The molecule has 7 aromatic rings. The van der Waals surface area contributed by atoms with Gasteiger partial charge in [-0.2, -0.15) is 9.13 Å². The molecule has 0 atom stereocenters. The van der Waals surface area contributed by atoms with Crippen LogP contribution in [0.5, 0.6) is 5.75 Å².